The molecule has 0 amide bonds. The molecule has 0 nitrogen and oxygen atoms in total. The van der Waals surface area contributed by atoms with Crippen molar-refractivity contribution in [2.45, 2.75) is 118 Å². The lowest BCUT2D eigenvalue weighted by molar-refractivity contribution is 0.590. The lowest BCUT2D eigenvalue weighted by atomic mass is 9.87. The van der Waals surface area contributed by atoms with Crippen molar-refractivity contribution < 1.29 is 0 Å². The van der Waals surface area contributed by atoms with Gasteiger partial charge in [-0.2, -0.15) is 0 Å². The quantitative estimate of drug-likeness (QED) is 0.120. The molecule has 0 radical (unpaired) electrons. The Bertz CT molecular complexity index is 3720. The number of allylic oxidation sites excluding steroid dienone is 4. The number of benzene rings is 8. The predicted octanol–water partition coefficient (Wildman–Crippen LogP) is 18.6. The van der Waals surface area contributed by atoms with Crippen LogP contribution in [0, 0.1) is 71.0 Å². The van der Waals surface area contributed by atoms with Crippen molar-refractivity contribution in [3.63, 3.8) is 0 Å². The molecule has 0 saturated heterocycles. The van der Waals surface area contributed by atoms with Crippen LogP contribution in [0.25, 0.3) is 11.1 Å². The molecular weight excluding hydrogens is 1010 g/mol. The standard InChI is InChI=1S/C82H74Si/c1-79(2,3)71-43-33-59(34-44-71)25-29-63-53-64(30-26-60-35-45-72(46-36-60)80(4,5)6)56-67(55-63)41-51-75-77(69-21-17-15-18-22-69)78(70-23-19-16-20-24-70)76(83(75,13)14)52-42-68-57-65(31-27-61-37-47-73(48-38-61)81(7,8)9)54-66(58-68)32-28-62-39-49-74(50-40-62)82(10,11)12/h15-24,33-40,43-50,53-58H,1-14H3. The molecule has 1 heteroatoms. The maximum Gasteiger partial charge on any atom is 0.135 e. The topological polar surface area (TPSA) is 0 Å². The second-order valence-electron chi connectivity index (χ2n) is 26.3. The van der Waals surface area contributed by atoms with Gasteiger partial charge in [-0.1, -0.05) is 276 Å². The third kappa shape index (κ3) is 14.8. The van der Waals surface area contributed by atoms with E-state index in [1.807, 2.05) is 0 Å². The Labute approximate surface area is 498 Å². The van der Waals surface area contributed by atoms with Gasteiger partial charge in [-0.25, -0.2) is 0 Å². The van der Waals surface area contributed by atoms with Gasteiger partial charge in [-0.3, -0.25) is 0 Å². The van der Waals surface area contributed by atoms with Crippen molar-refractivity contribution in [2.75, 3.05) is 0 Å². The molecule has 0 saturated carbocycles. The molecule has 1 aliphatic heterocycles. The first-order chi connectivity index (χ1) is 39.4. The Kier molecular flexibility index (Phi) is 17.0. The molecule has 0 aliphatic carbocycles. The predicted molar refractivity (Wildman–Crippen MR) is 355 cm³/mol. The lowest BCUT2D eigenvalue weighted by Crippen LogP contribution is -2.29. The summed E-state index contributed by atoms with van der Waals surface area (Å²) in [5.41, 5.74) is 18.7. The van der Waals surface area contributed by atoms with Crippen molar-refractivity contribution >= 4 is 19.2 Å². The van der Waals surface area contributed by atoms with Crippen molar-refractivity contribution in [2.24, 2.45) is 0 Å². The van der Waals surface area contributed by atoms with Crippen LogP contribution in [0.1, 0.15) is 172 Å². The minimum Gasteiger partial charge on any atom is -0.0696 e. The van der Waals surface area contributed by atoms with Crippen LogP contribution in [-0.2, 0) is 21.7 Å². The molecule has 0 spiro atoms. The SMILES string of the molecule is CC(C)(C)c1ccc(C#Cc2cc(C#CC3=C(c4ccccc4)C(c4ccccc4)=C(C#Cc4cc(C#Cc5ccc(C(C)(C)C)cc5)cc(C#Cc5ccc(C(C)(C)C)cc5)c4)[Si]3(C)C)cc(C#Cc3ccc(C(C)(C)C)cc3)c2)cc1. The Hall–Kier alpha value is -9.18. The Morgan fingerprint density at radius 2 is 0.422 bits per heavy atom. The van der Waals surface area contributed by atoms with Gasteiger partial charge in [0.2, 0.25) is 0 Å². The van der Waals surface area contributed by atoms with Crippen LogP contribution >= 0.6 is 0 Å². The highest BCUT2D eigenvalue weighted by Crippen LogP contribution is 2.48. The monoisotopic (exact) mass is 1090 g/mol. The van der Waals surface area contributed by atoms with Crippen LogP contribution in [-0.4, -0.2) is 8.07 Å². The third-order valence-electron chi connectivity index (χ3n) is 15.1. The average molecular weight is 1090 g/mol. The second kappa shape index (κ2) is 24.1. The fourth-order valence-corrected chi connectivity index (χ4v) is 12.8. The summed E-state index contributed by atoms with van der Waals surface area (Å²) in [4.78, 5) is 0. The summed E-state index contributed by atoms with van der Waals surface area (Å²) in [6.07, 6.45) is 0. The Morgan fingerprint density at radius 1 is 0.229 bits per heavy atom. The molecule has 8 aromatic carbocycles. The van der Waals surface area contributed by atoms with Gasteiger partial charge >= 0.3 is 0 Å². The summed E-state index contributed by atoms with van der Waals surface area (Å²) in [5, 5.41) is 2.24. The summed E-state index contributed by atoms with van der Waals surface area (Å²) in [7, 11) is -2.66. The maximum atomic E-state index is 3.86. The van der Waals surface area contributed by atoms with Crippen LogP contribution in [0.3, 0.4) is 0 Å². The number of hydrogen-bond donors (Lipinski definition) is 0. The highest BCUT2D eigenvalue weighted by molar-refractivity contribution is 6.96. The fraction of sp³-hybridized carbons (Fsp3) is 0.220. The molecule has 0 aromatic heterocycles. The van der Waals surface area contributed by atoms with Crippen LogP contribution in [0.15, 0.2) is 205 Å². The molecule has 0 N–H and O–H groups in total. The second-order valence-corrected chi connectivity index (χ2v) is 30.5. The van der Waals surface area contributed by atoms with Crippen molar-refractivity contribution in [3.8, 4) is 71.0 Å². The van der Waals surface area contributed by atoms with E-state index >= 15 is 0 Å². The molecule has 0 bridgehead atoms. The van der Waals surface area contributed by atoms with E-state index < -0.39 is 8.07 Å². The highest BCUT2D eigenvalue weighted by atomic mass is 28.3. The summed E-state index contributed by atoms with van der Waals surface area (Å²) in [6, 6.07) is 68.3. The van der Waals surface area contributed by atoms with E-state index in [9.17, 15) is 0 Å². The van der Waals surface area contributed by atoms with E-state index in [0.717, 1.165) is 88.3 Å². The molecular formula is C82H74Si. The number of rotatable bonds is 2. The largest absolute Gasteiger partial charge is 0.135 e. The van der Waals surface area contributed by atoms with E-state index in [1.165, 1.54) is 22.3 Å². The molecule has 0 unspecified atom stereocenters. The molecule has 8 aromatic rings. The van der Waals surface area contributed by atoms with E-state index in [4.69, 9.17) is 0 Å². The van der Waals surface area contributed by atoms with Gasteiger partial charge in [-0.15, -0.1) is 0 Å². The molecule has 1 heterocycles. The minimum absolute atomic E-state index is 0.0544. The van der Waals surface area contributed by atoms with E-state index in [0.29, 0.717) is 0 Å². The summed E-state index contributed by atoms with van der Waals surface area (Å²) in [6.45, 7) is 31.6. The van der Waals surface area contributed by atoms with Gasteiger partial charge in [0.25, 0.3) is 0 Å². The lowest BCUT2D eigenvalue weighted by Gasteiger charge is -2.18. The third-order valence-corrected chi connectivity index (χ3v) is 18.3. The van der Waals surface area contributed by atoms with E-state index in [-0.39, 0.29) is 21.7 Å². The molecule has 0 fully saturated rings. The van der Waals surface area contributed by atoms with E-state index in [2.05, 4.69) is 361 Å². The zero-order valence-corrected chi connectivity index (χ0v) is 52.0. The van der Waals surface area contributed by atoms with Crippen molar-refractivity contribution in [3.05, 3.63) is 294 Å². The van der Waals surface area contributed by atoms with Crippen LogP contribution < -0.4 is 0 Å². The summed E-state index contributed by atoms with van der Waals surface area (Å²) in [5.74, 6) is 42.9. The van der Waals surface area contributed by atoms with Gasteiger partial charge in [0.05, 0.1) is 0 Å². The summed E-state index contributed by atoms with van der Waals surface area (Å²) >= 11 is 0. The Balaban J connectivity index is 1.17. The molecule has 0 atom stereocenters. The fourth-order valence-electron chi connectivity index (χ4n) is 9.97. The molecule has 83 heavy (non-hydrogen) atoms. The number of hydrogen-bond acceptors (Lipinski definition) is 0. The maximum absolute atomic E-state index is 3.86. The Morgan fingerprint density at radius 3 is 0.627 bits per heavy atom. The molecule has 406 valence electrons. The van der Waals surface area contributed by atoms with Crippen LogP contribution in [0.2, 0.25) is 13.1 Å². The summed E-state index contributed by atoms with van der Waals surface area (Å²) < 4.78 is 0. The normalized spacial score (nSPS) is 12.8. The van der Waals surface area contributed by atoms with Gasteiger partial charge in [-0.05, 0) is 151 Å². The van der Waals surface area contributed by atoms with Crippen molar-refractivity contribution in [1.29, 1.82) is 0 Å². The first kappa shape index (κ1) is 58.5. The molecule has 1 aliphatic rings. The van der Waals surface area contributed by atoms with Crippen LogP contribution in [0.5, 0.6) is 0 Å². The van der Waals surface area contributed by atoms with Crippen LogP contribution in [0.4, 0.5) is 0 Å². The first-order valence-corrected chi connectivity index (χ1v) is 31.8. The first-order valence-electron chi connectivity index (χ1n) is 28.8. The van der Waals surface area contributed by atoms with Gasteiger partial charge in [0.15, 0.2) is 0 Å². The van der Waals surface area contributed by atoms with Gasteiger partial charge in [0.1, 0.15) is 8.07 Å². The van der Waals surface area contributed by atoms with Gasteiger partial charge < -0.3 is 0 Å². The molecule has 9 rings (SSSR count). The smallest absolute Gasteiger partial charge is 0.0696 e. The highest BCUT2D eigenvalue weighted by Gasteiger charge is 2.42. The zero-order chi connectivity index (χ0) is 59.2. The average Bonchev–Trinajstić information content (AvgIpc) is 3.20. The van der Waals surface area contributed by atoms with Crippen molar-refractivity contribution in [1.82, 2.24) is 0 Å². The minimum atomic E-state index is -2.66. The zero-order valence-electron chi connectivity index (χ0n) is 51.0. The van der Waals surface area contributed by atoms with E-state index in [1.54, 1.807) is 0 Å². The van der Waals surface area contributed by atoms with Gasteiger partial charge in [0, 0.05) is 66.0 Å².